The number of nitrogens with one attached hydrogen (secondary N) is 2. The fourth-order valence-electron chi connectivity index (χ4n) is 4.10. The minimum atomic E-state index is -0.193. The minimum Gasteiger partial charge on any atom is -0.497 e. The highest BCUT2D eigenvalue weighted by Gasteiger charge is 2.34. The maximum atomic E-state index is 13.0. The number of amides is 1. The van der Waals surface area contributed by atoms with Crippen LogP contribution in [0.3, 0.4) is 0 Å². The van der Waals surface area contributed by atoms with Gasteiger partial charge in [0.1, 0.15) is 11.8 Å². The molecular weight excluding hydrogens is 352 g/mol. The Morgan fingerprint density at radius 3 is 2.57 bits per heavy atom. The normalized spacial score (nSPS) is 22.4. The number of hydrazine groups is 1. The van der Waals surface area contributed by atoms with Gasteiger partial charge in [-0.25, -0.2) is 10.9 Å². The van der Waals surface area contributed by atoms with Crippen LogP contribution in [0.15, 0.2) is 48.5 Å². The van der Waals surface area contributed by atoms with Gasteiger partial charge in [-0.3, -0.25) is 4.79 Å². The van der Waals surface area contributed by atoms with E-state index in [2.05, 4.69) is 53.0 Å². The molecule has 2 aliphatic rings. The van der Waals surface area contributed by atoms with Crippen LogP contribution >= 0.6 is 0 Å². The van der Waals surface area contributed by atoms with Gasteiger partial charge in [-0.2, -0.15) is 0 Å². The quantitative estimate of drug-likeness (QED) is 0.852. The van der Waals surface area contributed by atoms with Gasteiger partial charge in [0.15, 0.2) is 0 Å². The maximum absolute atomic E-state index is 13.0. The van der Waals surface area contributed by atoms with Crippen molar-refractivity contribution < 1.29 is 9.53 Å². The Morgan fingerprint density at radius 2 is 1.82 bits per heavy atom. The Balaban J connectivity index is 1.34. The SMILES string of the molecule is COc1cccc(C2CC(C(=O)N3CCN(c4ccccc4C)CC3)NN2)c1. The Morgan fingerprint density at radius 1 is 1.04 bits per heavy atom. The molecule has 0 saturated carbocycles. The topological polar surface area (TPSA) is 56.8 Å². The van der Waals surface area contributed by atoms with Gasteiger partial charge in [-0.15, -0.1) is 0 Å². The van der Waals surface area contributed by atoms with E-state index in [1.54, 1.807) is 7.11 Å². The van der Waals surface area contributed by atoms with E-state index in [1.165, 1.54) is 11.3 Å². The summed E-state index contributed by atoms with van der Waals surface area (Å²) in [7, 11) is 1.67. The van der Waals surface area contributed by atoms with Gasteiger partial charge in [0.25, 0.3) is 0 Å². The molecule has 2 saturated heterocycles. The molecule has 2 aliphatic heterocycles. The first-order chi connectivity index (χ1) is 13.7. The van der Waals surface area contributed by atoms with Crippen LogP contribution < -0.4 is 20.5 Å². The number of nitrogens with zero attached hydrogens (tertiary/aromatic N) is 2. The van der Waals surface area contributed by atoms with E-state index < -0.39 is 0 Å². The monoisotopic (exact) mass is 380 g/mol. The molecule has 2 heterocycles. The van der Waals surface area contributed by atoms with Gasteiger partial charge in [0, 0.05) is 37.9 Å². The molecule has 148 valence electrons. The van der Waals surface area contributed by atoms with Crippen LogP contribution in [-0.4, -0.2) is 50.1 Å². The molecule has 1 amide bonds. The van der Waals surface area contributed by atoms with Crippen LogP contribution in [-0.2, 0) is 4.79 Å². The van der Waals surface area contributed by atoms with Gasteiger partial charge < -0.3 is 14.5 Å². The summed E-state index contributed by atoms with van der Waals surface area (Å²) in [6, 6.07) is 16.4. The number of methoxy groups -OCH3 is 1. The van der Waals surface area contributed by atoms with Crippen molar-refractivity contribution in [3.8, 4) is 5.75 Å². The van der Waals surface area contributed by atoms with Crippen LogP contribution in [0.4, 0.5) is 5.69 Å². The van der Waals surface area contributed by atoms with Crippen molar-refractivity contribution in [2.75, 3.05) is 38.2 Å². The summed E-state index contributed by atoms with van der Waals surface area (Å²) in [5.74, 6) is 1.02. The summed E-state index contributed by atoms with van der Waals surface area (Å²) in [4.78, 5) is 17.4. The van der Waals surface area contributed by atoms with E-state index in [-0.39, 0.29) is 18.0 Å². The number of ether oxygens (including phenoxy) is 1. The summed E-state index contributed by atoms with van der Waals surface area (Å²) < 4.78 is 5.31. The highest BCUT2D eigenvalue weighted by molar-refractivity contribution is 5.82. The molecule has 6 nitrogen and oxygen atoms in total. The van der Waals surface area contributed by atoms with Crippen molar-refractivity contribution in [2.24, 2.45) is 0 Å². The highest BCUT2D eigenvalue weighted by atomic mass is 16.5. The molecule has 2 atom stereocenters. The summed E-state index contributed by atoms with van der Waals surface area (Å²) in [5.41, 5.74) is 10.2. The third-order valence-corrected chi connectivity index (χ3v) is 5.74. The summed E-state index contributed by atoms with van der Waals surface area (Å²) in [6.07, 6.45) is 0.740. The summed E-state index contributed by atoms with van der Waals surface area (Å²) in [6.45, 7) is 5.40. The Labute approximate surface area is 166 Å². The zero-order chi connectivity index (χ0) is 19.5. The van der Waals surface area contributed by atoms with Crippen LogP contribution in [0.2, 0.25) is 0 Å². The number of hydrogen-bond donors (Lipinski definition) is 2. The fourth-order valence-corrected chi connectivity index (χ4v) is 4.10. The lowest BCUT2D eigenvalue weighted by molar-refractivity contribution is -0.133. The van der Waals surface area contributed by atoms with Gasteiger partial charge in [-0.05, 0) is 42.7 Å². The molecule has 0 aliphatic carbocycles. The number of piperazine rings is 1. The van der Waals surface area contributed by atoms with Crippen LogP contribution in [0.5, 0.6) is 5.75 Å². The largest absolute Gasteiger partial charge is 0.497 e. The second kappa shape index (κ2) is 8.20. The third-order valence-electron chi connectivity index (χ3n) is 5.74. The van der Waals surface area contributed by atoms with Crippen LogP contribution in [0.1, 0.15) is 23.6 Å². The fraction of sp³-hybridized carbons (Fsp3) is 0.409. The number of aryl methyl sites for hydroxylation is 1. The van der Waals surface area contributed by atoms with E-state index in [4.69, 9.17) is 4.74 Å². The molecule has 2 unspecified atom stereocenters. The summed E-state index contributed by atoms with van der Waals surface area (Å²) in [5, 5.41) is 0. The number of anilines is 1. The molecule has 0 radical (unpaired) electrons. The lowest BCUT2D eigenvalue weighted by Crippen LogP contribution is -2.53. The molecule has 2 N–H and O–H groups in total. The molecular formula is C22H28N4O2. The Kier molecular flexibility index (Phi) is 5.50. The Bertz CT molecular complexity index is 833. The highest BCUT2D eigenvalue weighted by Crippen LogP contribution is 2.27. The van der Waals surface area contributed by atoms with Crippen LogP contribution in [0.25, 0.3) is 0 Å². The molecule has 6 heteroatoms. The third kappa shape index (κ3) is 3.84. The summed E-state index contributed by atoms with van der Waals surface area (Å²) >= 11 is 0. The van der Waals surface area contributed by atoms with Gasteiger partial charge >= 0.3 is 0 Å². The number of rotatable bonds is 4. The standard InChI is InChI=1S/C22H28N4O2/c1-16-6-3-4-9-21(16)25-10-12-26(13-11-25)22(27)20-15-19(23-24-20)17-7-5-8-18(14-17)28-2/h3-9,14,19-20,23-24H,10-13,15H2,1-2H3. The number of para-hydroxylation sites is 1. The Hall–Kier alpha value is -2.57. The molecule has 2 aromatic carbocycles. The number of hydrogen-bond acceptors (Lipinski definition) is 5. The first-order valence-corrected chi connectivity index (χ1v) is 9.90. The smallest absolute Gasteiger partial charge is 0.241 e. The predicted octanol–water partition coefficient (Wildman–Crippen LogP) is 2.26. The first kappa shape index (κ1) is 18.8. The second-order valence-electron chi connectivity index (χ2n) is 7.50. The average molecular weight is 380 g/mol. The van der Waals surface area contributed by atoms with Crippen LogP contribution in [0, 0.1) is 6.92 Å². The lowest BCUT2D eigenvalue weighted by Gasteiger charge is -2.37. The molecule has 0 bridgehead atoms. The average Bonchev–Trinajstić information content (AvgIpc) is 3.24. The van der Waals surface area contributed by atoms with Crippen molar-refractivity contribution in [2.45, 2.75) is 25.4 Å². The van der Waals surface area contributed by atoms with Crippen molar-refractivity contribution in [3.05, 3.63) is 59.7 Å². The predicted molar refractivity (Wildman–Crippen MR) is 110 cm³/mol. The molecule has 0 aromatic heterocycles. The number of benzene rings is 2. The second-order valence-corrected chi connectivity index (χ2v) is 7.50. The molecule has 2 fully saturated rings. The van der Waals surface area contributed by atoms with Gasteiger partial charge in [-0.1, -0.05) is 30.3 Å². The molecule has 2 aromatic rings. The van der Waals surface area contributed by atoms with Gasteiger partial charge in [0.2, 0.25) is 5.91 Å². The number of carbonyl (C=O) groups is 1. The van der Waals surface area contributed by atoms with E-state index >= 15 is 0 Å². The van der Waals surface area contributed by atoms with Crippen molar-refractivity contribution in [3.63, 3.8) is 0 Å². The zero-order valence-electron chi connectivity index (χ0n) is 16.5. The van der Waals surface area contributed by atoms with Crippen molar-refractivity contribution in [1.82, 2.24) is 15.8 Å². The lowest BCUT2D eigenvalue weighted by atomic mass is 10.0. The van der Waals surface area contributed by atoms with E-state index in [0.717, 1.165) is 43.9 Å². The van der Waals surface area contributed by atoms with E-state index in [1.807, 2.05) is 23.1 Å². The maximum Gasteiger partial charge on any atom is 0.241 e. The van der Waals surface area contributed by atoms with Gasteiger partial charge in [0.05, 0.1) is 7.11 Å². The van der Waals surface area contributed by atoms with Crippen molar-refractivity contribution >= 4 is 11.6 Å². The minimum absolute atomic E-state index is 0.109. The van der Waals surface area contributed by atoms with E-state index in [0.29, 0.717) is 0 Å². The molecule has 4 rings (SSSR count). The molecule has 0 spiro atoms. The first-order valence-electron chi connectivity index (χ1n) is 9.90. The number of carbonyl (C=O) groups excluding carboxylic acids is 1. The van der Waals surface area contributed by atoms with E-state index in [9.17, 15) is 4.79 Å². The molecule has 28 heavy (non-hydrogen) atoms. The zero-order valence-corrected chi connectivity index (χ0v) is 16.5. The van der Waals surface area contributed by atoms with Crippen molar-refractivity contribution in [1.29, 1.82) is 0 Å².